The molecule has 26 heavy (non-hydrogen) atoms. The second kappa shape index (κ2) is 9.36. The summed E-state index contributed by atoms with van der Waals surface area (Å²) in [4.78, 5) is 23.5. The Labute approximate surface area is 157 Å². The molecule has 0 heterocycles. The molecule has 0 aliphatic carbocycles. The van der Waals surface area contributed by atoms with Crippen LogP contribution in [0.15, 0.2) is 48.5 Å². The largest absolute Gasteiger partial charge is 0.478 e. The van der Waals surface area contributed by atoms with Crippen molar-refractivity contribution < 1.29 is 19.4 Å². The smallest absolute Gasteiger partial charge is 0.335 e. The molecule has 0 fully saturated rings. The van der Waals surface area contributed by atoms with Crippen molar-refractivity contribution >= 4 is 23.5 Å². The molecule has 2 rings (SSSR count). The lowest BCUT2D eigenvalue weighted by molar-refractivity contribution is -0.122. The molecule has 6 heteroatoms. The molecule has 5 nitrogen and oxygen atoms in total. The minimum atomic E-state index is -0.989. The Bertz CT molecular complexity index is 761. The molecule has 2 atom stereocenters. The zero-order valence-corrected chi connectivity index (χ0v) is 15.5. The van der Waals surface area contributed by atoms with Crippen LogP contribution in [0.25, 0.3) is 0 Å². The molecule has 0 saturated heterocycles. The fourth-order valence-electron chi connectivity index (χ4n) is 2.88. The molecule has 2 N–H and O–H groups in total. The van der Waals surface area contributed by atoms with Crippen LogP contribution in [0.1, 0.15) is 40.9 Å². The molecule has 2 aromatic rings. The van der Waals surface area contributed by atoms with E-state index < -0.39 is 5.97 Å². The first-order valence-corrected chi connectivity index (χ1v) is 8.69. The molecular weight excluding hydrogens is 354 g/mol. The number of halogens is 1. The van der Waals surface area contributed by atoms with E-state index in [0.29, 0.717) is 17.0 Å². The fraction of sp³-hybridized carbons (Fsp3) is 0.300. The Morgan fingerprint density at radius 3 is 2.42 bits per heavy atom. The van der Waals surface area contributed by atoms with Gasteiger partial charge in [0.2, 0.25) is 5.91 Å². The van der Waals surface area contributed by atoms with Crippen LogP contribution in [-0.2, 0) is 16.0 Å². The summed E-state index contributed by atoms with van der Waals surface area (Å²) in [6.45, 7) is 1.87. The van der Waals surface area contributed by atoms with Crippen molar-refractivity contribution in [3.63, 3.8) is 0 Å². The van der Waals surface area contributed by atoms with Gasteiger partial charge in [-0.1, -0.05) is 41.9 Å². The number of hydrogen-bond donors (Lipinski definition) is 2. The highest BCUT2D eigenvalue weighted by molar-refractivity contribution is 6.30. The Balaban J connectivity index is 1.96. The van der Waals surface area contributed by atoms with Crippen LogP contribution in [-0.4, -0.2) is 30.1 Å². The molecule has 2 aromatic carbocycles. The van der Waals surface area contributed by atoms with Gasteiger partial charge in [0.15, 0.2) is 0 Å². The van der Waals surface area contributed by atoms with Gasteiger partial charge in [-0.25, -0.2) is 4.79 Å². The van der Waals surface area contributed by atoms with Gasteiger partial charge < -0.3 is 15.2 Å². The van der Waals surface area contributed by atoms with E-state index >= 15 is 0 Å². The number of rotatable bonds is 8. The van der Waals surface area contributed by atoms with Crippen molar-refractivity contribution in [3.05, 3.63) is 70.2 Å². The van der Waals surface area contributed by atoms with Gasteiger partial charge in [0.1, 0.15) is 6.10 Å². The average molecular weight is 376 g/mol. The zero-order valence-electron chi connectivity index (χ0n) is 14.7. The maximum absolute atomic E-state index is 12.3. The fourth-order valence-corrected chi connectivity index (χ4v) is 3.00. The molecule has 0 aromatic heterocycles. The van der Waals surface area contributed by atoms with Crippen molar-refractivity contribution in [1.82, 2.24) is 5.32 Å². The number of hydrogen-bond acceptors (Lipinski definition) is 3. The number of benzene rings is 2. The van der Waals surface area contributed by atoms with E-state index in [0.717, 1.165) is 5.56 Å². The highest BCUT2D eigenvalue weighted by Gasteiger charge is 2.21. The predicted molar refractivity (Wildman–Crippen MR) is 101 cm³/mol. The van der Waals surface area contributed by atoms with Gasteiger partial charge in [0.25, 0.3) is 0 Å². The van der Waals surface area contributed by atoms with Gasteiger partial charge in [-0.3, -0.25) is 4.79 Å². The summed E-state index contributed by atoms with van der Waals surface area (Å²) in [6, 6.07) is 13.7. The third-order valence-corrected chi connectivity index (χ3v) is 4.42. The zero-order chi connectivity index (χ0) is 19.1. The van der Waals surface area contributed by atoms with Crippen molar-refractivity contribution in [1.29, 1.82) is 0 Å². The summed E-state index contributed by atoms with van der Waals surface area (Å²) < 4.78 is 5.52. The minimum Gasteiger partial charge on any atom is -0.478 e. The van der Waals surface area contributed by atoms with Gasteiger partial charge in [0, 0.05) is 18.6 Å². The lowest BCUT2D eigenvalue weighted by atomic mass is 10.0. The van der Waals surface area contributed by atoms with Crippen molar-refractivity contribution in [2.24, 2.45) is 0 Å². The third-order valence-electron chi connectivity index (χ3n) is 4.16. The molecule has 1 amide bonds. The lowest BCUT2D eigenvalue weighted by Crippen LogP contribution is -2.37. The summed E-state index contributed by atoms with van der Waals surface area (Å²) in [7, 11) is 1.59. The van der Waals surface area contributed by atoms with Gasteiger partial charge >= 0.3 is 5.97 Å². The summed E-state index contributed by atoms with van der Waals surface area (Å²) in [5, 5.41) is 12.8. The lowest BCUT2D eigenvalue weighted by Gasteiger charge is -2.24. The highest BCUT2D eigenvalue weighted by Crippen LogP contribution is 2.22. The Morgan fingerprint density at radius 2 is 1.81 bits per heavy atom. The number of carboxylic acid groups (broad SMARTS) is 1. The van der Waals surface area contributed by atoms with Gasteiger partial charge in [-0.2, -0.15) is 0 Å². The standard InChI is InChI=1S/C20H22ClNO4/c1-13(19(26-2)15-7-10-16(21)11-8-15)22-18(23)12-9-14-5-3-4-6-17(14)20(24)25/h3-8,10-11,13,19H,9,12H2,1-2H3,(H,22,23)(H,24,25). The summed E-state index contributed by atoms with van der Waals surface area (Å²) in [6.07, 6.45) is 0.258. The molecule has 0 aliphatic heterocycles. The maximum atomic E-state index is 12.3. The molecule has 0 aliphatic rings. The molecule has 138 valence electrons. The molecule has 0 spiro atoms. The monoisotopic (exact) mass is 375 g/mol. The Morgan fingerprint density at radius 1 is 1.15 bits per heavy atom. The third kappa shape index (κ3) is 5.31. The number of methoxy groups -OCH3 is 1. The van der Waals surface area contributed by atoms with Crippen molar-refractivity contribution in [2.75, 3.05) is 7.11 Å². The number of ether oxygens (including phenoxy) is 1. The second-order valence-electron chi connectivity index (χ2n) is 6.03. The SMILES string of the molecule is COC(c1ccc(Cl)cc1)C(C)NC(=O)CCc1ccccc1C(=O)O. The van der Waals surface area contributed by atoms with E-state index in [4.69, 9.17) is 16.3 Å². The van der Waals surface area contributed by atoms with Crippen molar-refractivity contribution in [2.45, 2.75) is 31.9 Å². The molecular formula is C20H22ClNO4. The molecule has 2 unspecified atom stereocenters. The number of aryl methyl sites for hydroxylation is 1. The van der Waals surface area contributed by atoms with Crippen molar-refractivity contribution in [3.8, 4) is 0 Å². The van der Waals surface area contributed by atoms with Gasteiger partial charge in [-0.15, -0.1) is 0 Å². The van der Waals surface area contributed by atoms with Gasteiger partial charge in [0.05, 0.1) is 11.6 Å². The molecule has 0 radical (unpaired) electrons. The Hall–Kier alpha value is -2.37. The normalized spacial score (nSPS) is 13.0. The summed E-state index contributed by atoms with van der Waals surface area (Å²) in [5.74, 6) is -1.15. The van der Waals surface area contributed by atoms with E-state index in [2.05, 4.69) is 5.32 Å². The number of amides is 1. The van der Waals surface area contributed by atoms with E-state index in [1.807, 2.05) is 19.1 Å². The van der Waals surface area contributed by atoms with Crippen LogP contribution in [0.3, 0.4) is 0 Å². The maximum Gasteiger partial charge on any atom is 0.335 e. The van der Waals surface area contributed by atoms with Crippen LogP contribution >= 0.6 is 11.6 Å². The van der Waals surface area contributed by atoms with E-state index in [9.17, 15) is 14.7 Å². The first-order chi connectivity index (χ1) is 12.4. The first-order valence-electron chi connectivity index (χ1n) is 8.31. The van der Waals surface area contributed by atoms with Crippen LogP contribution in [0.2, 0.25) is 5.02 Å². The van der Waals surface area contributed by atoms with E-state index in [1.165, 1.54) is 0 Å². The Kier molecular flexibility index (Phi) is 7.18. The minimum absolute atomic E-state index is 0.159. The highest BCUT2D eigenvalue weighted by atomic mass is 35.5. The quantitative estimate of drug-likeness (QED) is 0.734. The predicted octanol–water partition coefficient (Wildman–Crippen LogP) is 3.86. The first kappa shape index (κ1) is 19.9. The van der Waals surface area contributed by atoms with Crippen LogP contribution in [0.5, 0.6) is 0 Å². The molecule has 0 bridgehead atoms. The van der Waals surface area contributed by atoms with Gasteiger partial charge in [-0.05, 0) is 42.7 Å². The number of aromatic carboxylic acids is 1. The van der Waals surface area contributed by atoms with Crippen LogP contribution in [0, 0.1) is 0 Å². The molecule has 0 saturated carbocycles. The van der Waals surface area contributed by atoms with E-state index in [1.54, 1.807) is 43.5 Å². The van der Waals surface area contributed by atoms with Crippen LogP contribution < -0.4 is 5.32 Å². The second-order valence-corrected chi connectivity index (χ2v) is 6.46. The number of carboxylic acids is 1. The van der Waals surface area contributed by atoms with Crippen LogP contribution in [0.4, 0.5) is 0 Å². The summed E-state index contributed by atoms with van der Waals surface area (Å²) in [5.41, 5.74) is 1.79. The topological polar surface area (TPSA) is 75.6 Å². The number of carbonyl (C=O) groups is 2. The van der Waals surface area contributed by atoms with E-state index in [-0.39, 0.29) is 30.0 Å². The number of carbonyl (C=O) groups excluding carboxylic acids is 1. The number of nitrogens with one attached hydrogen (secondary N) is 1. The summed E-state index contributed by atoms with van der Waals surface area (Å²) >= 11 is 5.91. The average Bonchev–Trinajstić information content (AvgIpc) is 2.62.